The van der Waals surface area contributed by atoms with Crippen LogP contribution in [0.25, 0.3) is 6.08 Å². The summed E-state index contributed by atoms with van der Waals surface area (Å²) in [6, 6.07) is 6.75. The van der Waals surface area contributed by atoms with Gasteiger partial charge in [-0.25, -0.2) is 0 Å². The van der Waals surface area contributed by atoms with Crippen molar-refractivity contribution in [2.75, 3.05) is 0 Å². The molecule has 1 aliphatic rings. The molecule has 0 spiro atoms. The summed E-state index contributed by atoms with van der Waals surface area (Å²) in [6.07, 6.45) is 4.58. The van der Waals surface area contributed by atoms with Crippen LogP contribution in [0.4, 0.5) is 0 Å². The fraction of sp³-hybridized carbons (Fsp3) is 0.273. The molecule has 0 saturated carbocycles. The van der Waals surface area contributed by atoms with E-state index >= 15 is 0 Å². The number of benzene rings is 1. The van der Waals surface area contributed by atoms with E-state index in [0.717, 1.165) is 9.52 Å². The predicted molar refractivity (Wildman–Crippen MR) is 55.7 cm³/mol. The van der Waals surface area contributed by atoms with Crippen molar-refractivity contribution in [1.29, 1.82) is 0 Å². The summed E-state index contributed by atoms with van der Waals surface area (Å²) in [7, 11) is 0.988. The third-order valence-electron chi connectivity index (χ3n) is 2.36. The number of allylic oxidation sites excluding steroid dienone is 1. The third kappa shape index (κ3) is 2.16. The van der Waals surface area contributed by atoms with Gasteiger partial charge in [0, 0.05) is 9.52 Å². The molecule has 2 heteroatoms. The molecule has 0 bridgehead atoms. The summed E-state index contributed by atoms with van der Waals surface area (Å²) in [6.45, 7) is 4.42. The summed E-state index contributed by atoms with van der Waals surface area (Å²) in [5.41, 5.74) is 5.00. The van der Waals surface area contributed by atoms with E-state index in [1.54, 1.807) is 0 Å². The molecule has 0 nitrogen and oxygen atoms in total. The second-order valence-corrected chi connectivity index (χ2v) is 4.46. The number of hydrogen-bond acceptors (Lipinski definition) is 0. The molecular formula is C11H13NaSi. The number of fused-ring (bicyclic) bond motifs is 1. The van der Waals surface area contributed by atoms with Gasteiger partial charge in [-0.05, 0) is 23.6 Å². The minimum Gasteiger partial charge on any atom is -1.00 e. The van der Waals surface area contributed by atoms with Crippen molar-refractivity contribution in [2.24, 2.45) is 0 Å². The minimum absolute atomic E-state index is 0. The molecule has 1 aliphatic carbocycles. The van der Waals surface area contributed by atoms with E-state index < -0.39 is 0 Å². The second kappa shape index (κ2) is 4.60. The fourth-order valence-electron chi connectivity index (χ4n) is 1.68. The molecule has 1 aromatic carbocycles. The maximum Gasteiger partial charge on any atom is 1.00 e. The number of hydrogen-bond donors (Lipinski definition) is 0. The second-order valence-electron chi connectivity index (χ2n) is 3.26. The van der Waals surface area contributed by atoms with Crippen molar-refractivity contribution < 1.29 is 31.0 Å². The molecule has 1 aromatic rings. The zero-order valence-corrected chi connectivity index (χ0v) is 11.5. The zero-order chi connectivity index (χ0) is 8.55. The van der Waals surface area contributed by atoms with Crippen LogP contribution in [-0.4, -0.2) is 9.52 Å². The van der Waals surface area contributed by atoms with Gasteiger partial charge in [0.05, 0.1) is 0 Å². The number of rotatable bonds is 1. The Bertz CT molecular complexity index is 336. The van der Waals surface area contributed by atoms with Crippen molar-refractivity contribution in [3.63, 3.8) is 0 Å². The van der Waals surface area contributed by atoms with E-state index in [4.69, 9.17) is 0 Å². The predicted octanol–water partition coefficient (Wildman–Crippen LogP) is -0.0683. The molecule has 0 amide bonds. The molecule has 2 rings (SSSR count). The summed E-state index contributed by atoms with van der Waals surface area (Å²) in [5.74, 6) is 0. The Morgan fingerprint density at radius 1 is 1.38 bits per heavy atom. The maximum atomic E-state index is 2.32. The van der Waals surface area contributed by atoms with Crippen LogP contribution in [0.2, 0.25) is 6.55 Å². The molecular weight excluding hydrogens is 183 g/mol. The van der Waals surface area contributed by atoms with Gasteiger partial charge in [0.1, 0.15) is 0 Å². The average molecular weight is 196 g/mol. The van der Waals surface area contributed by atoms with E-state index in [2.05, 4.69) is 43.8 Å². The zero-order valence-electron chi connectivity index (χ0n) is 9.46. The summed E-state index contributed by atoms with van der Waals surface area (Å²) in [5, 5.41) is 0. The van der Waals surface area contributed by atoms with Crippen LogP contribution < -0.4 is 29.6 Å². The van der Waals surface area contributed by atoms with E-state index in [9.17, 15) is 0 Å². The van der Waals surface area contributed by atoms with Crippen LogP contribution in [0.15, 0.2) is 24.3 Å². The van der Waals surface area contributed by atoms with E-state index in [0.29, 0.717) is 5.54 Å². The van der Waals surface area contributed by atoms with E-state index in [-0.39, 0.29) is 31.0 Å². The normalized spacial score (nSPS) is 18.2. The van der Waals surface area contributed by atoms with E-state index in [1.807, 2.05) is 0 Å². The van der Waals surface area contributed by atoms with Crippen LogP contribution in [0.5, 0.6) is 0 Å². The van der Waals surface area contributed by atoms with Gasteiger partial charge >= 0.3 is 29.6 Å². The summed E-state index contributed by atoms with van der Waals surface area (Å²) < 4.78 is 0. The first-order valence-corrected chi connectivity index (χ1v) is 5.85. The Labute approximate surface area is 106 Å². The Morgan fingerprint density at radius 2 is 2.15 bits per heavy atom. The Morgan fingerprint density at radius 3 is 2.85 bits per heavy atom. The Kier molecular flexibility index (Phi) is 3.99. The van der Waals surface area contributed by atoms with Gasteiger partial charge in [0.15, 0.2) is 0 Å². The van der Waals surface area contributed by atoms with Crippen LogP contribution in [-0.2, 0) is 0 Å². The molecule has 0 heterocycles. The van der Waals surface area contributed by atoms with Crippen LogP contribution in [0.1, 0.15) is 23.7 Å². The van der Waals surface area contributed by atoms with Gasteiger partial charge in [0.2, 0.25) is 0 Å². The van der Waals surface area contributed by atoms with Crippen molar-refractivity contribution in [3.05, 3.63) is 41.0 Å². The van der Waals surface area contributed by atoms with Crippen LogP contribution in [0.3, 0.4) is 0 Å². The van der Waals surface area contributed by atoms with Gasteiger partial charge in [-0.2, -0.15) is 0 Å². The molecule has 0 aliphatic heterocycles. The number of aryl methyl sites for hydroxylation is 1. The minimum atomic E-state index is 0. The largest absolute Gasteiger partial charge is 1.00 e. The molecule has 1 atom stereocenters. The first-order valence-electron chi connectivity index (χ1n) is 4.27. The van der Waals surface area contributed by atoms with Crippen molar-refractivity contribution in [3.8, 4) is 0 Å². The Balaban J connectivity index is 0.000000845. The molecule has 0 fully saturated rings. The Hall–Kier alpha value is 0.177. The quantitative estimate of drug-likeness (QED) is 0.552. The fourth-order valence-corrected chi connectivity index (χ4v) is 2.54. The smallest absolute Gasteiger partial charge is 1.00 e. The SMILES string of the molecule is C[Si]C1C=Cc2cc(C)ccc21.[H-].[Na+]. The molecule has 0 aromatic heterocycles. The topological polar surface area (TPSA) is 0 Å². The van der Waals surface area contributed by atoms with Crippen molar-refractivity contribution in [1.82, 2.24) is 0 Å². The molecule has 0 saturated heterocycles. The van der Waals surface area contributed by atoms with Gasteiger partial charge in [-0.3, -0.25) is 0 Å². The van der Waals surface area contributed by atoms with Gasteiger partial charge in [-0.1, -0.05) is 42.5 Å². The van der Waals surface area contributed by atoms with Crippen LogP contribution in [0, 0.1) is 6.92 Å². The van der Waals surface area contributed by atoms with Crippen LogP contribution >= 0.6 is 0 Å². The summed E-state index contributed by atoms with van der Waals surface area (Å²) >= 11 is 0. The molecule has 2 radical (unpaired) electrons. The molecule has 0 N–H and O–H groups in total. The first-order chi connectivity index (χ1) is 5.81. The third-order valence-corrected chi connectivity index (χ3v) is 3.48. The maximum absolute atomic E-state index is 2.32. The van der Waals surface area contributed by atoms with Crippen molar-refractivity contribution >= 4 is 15.6 Å². The van der Waals surface area contributed by atoms with Gasteiger partial charge in [-0.15, -0.1) is 0 Å². The molecule has 62 valence electrons. The van der Waals surface area contributed by atoms with Crippen molar-refractivity contribution in [2.45, 2.75) is 19.0 Å². The standard InChI is InChI=1S/C11H12Si.Na.H/c1-8-3-5-10-9(7-8)4-6-11(10)12-2;;/h3-7,11H,1-2H3;;/q;+1;-1. The van der Waals surface area contributed by atoms with E-state index in [1.165, 1.54) is 16.7 Å². The monoisotopic (exact) mass is 196 g/mol. The van der Waals surface area contributed by atoms with Gasteiger partial charge < -0.3 is 1.43 Å². The molecule has 1 unspecified atom stereocenters. The first kappa shape index (κ1) is 11.3. The van der Waals surface area contributed by atoms with Gasteiger partial charge in [0.25, 0.3) is 0 Å². The summed E-state index contributed by atoms with van der Waals surface area (Å²) in [4.78, 5) is 0. The molecule has 13 heavy (non-hydrogen) atoms. The average Bonchev–Trinajstić information content (AvgIpc) is 2.46.